The lowest BCUT2D eigenvalue weighted by atomic mass is 10.2. The van der Waals surface area contributed by atoms with Crippen LogP contribution in [0.5, 0.6) is 0 Å². The molecule has 1 aromatic carbocycles. The van der Waals surface area contributed by atoms with Gasteiger partial charge >= 0.3 is 0 Å². The minimum absolute atomic E-state index is 0.0392. The van der Waals surface area contributed by atoms with E-state index in [2.05, 4.69) is 5.32 Å². The summed E-state index contributed by atoms with van der Waals surface area (Å²) >= 11 is 5.79. The molecule has 0 aromatic heterocycles. The van der Waals surface area contributed by atoms with Crippen molar-refractivity contribution in [2.45, 2.75) is 13.0 Å². The van der Waals surface area contributed by atoms with Crippen LogP contribution in [0.25, 0.3) is 0 Å². The first-order valence-corrected chi connectivity index (χ1v) is 7.39. The summed E-state index contributed by atoms with van der Waals surface area (Å²) in [7, 11) is -3.02. The zero-order valence-corrected chi connectivity index (χ0v) is 11.1. The molecule has 0 saturated heterocycles. The lowest BCUT2D eigenvalue weighted by Crippen LogP contribution is -2.24. The quantitative estimate of drug-likeness (QED) is 0.911. The van der Waals surface area contributed by atoms with E-state index in [-0.39, 0.29) is 11.8 Å². The van der Waals surface area contributed by atoms with Gasteiger partial charge in [-0.1, -0.05) is 11.6 Å². The number of halogens is 1. The average molecular weight is 273 g/mol. The first-order chi connectivity index (χ1) is 7.81. The molecular formula is C11H13ClN2O2S. The van der Waals surface area contributed by atoms with Crippen molar-refractivity contribution < 1.29 is 8.42 Å². The number of anilines is 1. The Labute approximate surface area is 106 Å². The summed E-state index contributed by atoms with van der Waals surface area (Å²) in [5.74, 6) is 0.0392. The molecule has 0 bridgehead atoms. The average Bonchev–Trinajstić information content (AvgIpc) is 2.18. The van der Waals surface area contributed by atoms with Crippen molar-refractivity contribution in [2.24, 2.45) is 0 Å². The molecule has 0 fully saturated rings. The third kappa shape index (κ3) is 4.63. The minimum Gasteiger partial charge on any atom is -0.382 e. The molecule has 0 amide bonds. The van der Waals surface area contributed by atoms with Gasteiger partial charge in [-0.15, -0.1) is 0 Å². The van der Waals surface area contributed by atoms with E-state index in [0.29, 0.717) is 16.3 Å². The van der Waals surface area contributed by atoms with Crippen molar-refractivity contribution in [1.82, 2.24) is 0 Å². The van der Waals surface area contributed by atoms with E-state index in [9.17, 15) is 8.42 Å². The predicted octanol–water partition coefficient (Wildman–Crippen LogP) is 2.06. The molecule has 1 atom stereocenters. The maximum Gasteiger partial charge on any atom is 0.149 e. The molecule has 6 heteroatoms. The summed E-state index contributed by atoms with van der Waals surface area (Å²) < 4.78 is 22.2. The predicted molar refractivity (Wildman–Crippen MR) is 69.0 cm³/mol. The van der Waals surface area contributed by atoms with Crippen LogP contribution >= 0.6 is 11.6 Å². The standard InChI is InChI=1S/C11H13ClN2O2S/c1-8(7-17(2,15)16)14-10-3-4-11(12)9(5-10)6-13/h3-5,8,14H,7H2,1-2H3. The Balaban J connectivity index is 2.80. The number of hydrogen-bond acceptors (Lipinski definition) is 4. The molecule has 0 radical (unpaired) electrons. The smallest absolute Gasteiger partial charge is 0.149 e. The number of nitrogens with one attached hydrogen (secondary N) is 1. The fourth-order valence-electron chi connectivity index (χ4n) is 1.48. The van der Waals surface area contributed by atoms with Crippen LogP contribution < -0.4 is 5.32 Å². The molecule has 1 rings (SSSR count). The van der Waals surface area contributed by atoms with Crippen molar-refractivity contribution in [3.8, 4) is 6.07 Å². The highest BCUT2D eigenvalue weighted by atomic mass is 35.5. The monoisotopic (exact) mass is 272 g/mol. The fraction of sp³-hybridized carbons (Fsp3) is 0.364. The molecular weight excluding hydrogens is 260 g/mol. The summed E-state index contributed by atoms with van der Waals surface area (Å²) in [5, 5.41) is 12.2. The largest absolute Gasteiger partial charge is 0.382 e. The lowest BCUT2D eigenvalue weighted by molar-refractivity contribution is 0.598. The van der Waals surface area contributed by atoms with Gasteiger partial charge in [0.25, 0.3) is 0 Å². The highest BCUT2D eigenvalue weighted by molar-refractivity contribution is 7.90. The van der Waals surface area contributed by atoms with Gasteiger partial charge in [-0.05, 0) is 25.1 Å². The van der Waals surface area contributed by atoms with E-state index in [0.717, 1.165) is 0 Å². The molecule has 0 aliphatic rings. The van der Waals surface area contributed by atoms with Gasteiger partial charge in [0, 0.05) is 18.0 Å². The number of nitriles is 1. The Kier molecular flexibility index (Phi) is 4.38. The summed E-state index contributed by atoms with van der Waals surface area (Å²) in [6.45, 7) is 1.77. The molecule has 0 heterocycles. The van der Waals surface area contributed by atoms with Gasteiger partial charge in [0.15, 0.2) is 0 Å². The summed E-state index contributed by atoms with van der Waals surface area (Å²) in [6, 6.07) is 6.66. The van der Waals surface area contributed by atoms with Crippen LogP contribution in [0, 0.1) is 11.3 Å². The van der Waals surface area contributed by atoms with Crippen molar-refractivity contribution >= 4 is 27.1 Å². The van der Waals surface area contributed by atoms with Crippen LogP contribution in [0.4, 0.5) is 5.69 Å². The van der Waals surface area contributed by atoms with E-state index in [1.54, 1.807) is 25.1 Å². The Hall–Kier alpha value is -1.25. The van der Waals surface area contributed by atoms with Crippen LogP contribution in [0.3, 0.4) is 0 Å². The van der Waals surface area contributed by atoms with Gasteiger partial charge < -0.3 is 5.32 Å². The van der Waals surface area contributed by atoms with Gasteiger partial charge in [0.2, 0.25) is 0 Å². The van der Waals surface area contributed by atoms with E-state index in [4.69, 9.17) is 16.9 Å². The van der Waals surface area contributed by atoms with E-state index >= 15 is 0 Å². The molecule has 17 heavy (non-hydrogen) atoms. The molecule has 92 valence electrons. The molecule has 0 aliphatic heterocycles. The summed E-state index contributed by atoms with van der Waals surface area (Å²) in [5.41, 5.74) is 1.05. The van der Waals surface area contributed by atoms with Gasteiger partial charge in [0.1, 0.15) is 15.9 Å². The van der Waals surface area contributed by atoms with Crippen LogP contribution in [0.15, 0.2) is 18.2 Å². The van der Waals surface area contributed by atoms with Gasteiger partial charge in [-0.25, -0.2) is 8.42 Å². The SMILES string of the molecule is CC(CS(C)(=O)=O)Nc1ccc(Cl)c(C#N)c1. The summed E-state index contributed by atoms with van der Waals surface area (Å²) in [6.07, 6.45) is 1.19. The molecule has 1 N–H and O–H groups in total. The normalized spacial score (nSPS) is 12.8. The highest BCUT2D eigenvalue weighted by Crippen LogP contribution is 2.20. The van der Waals surface area contributed by atoms with Crippen LogP contribution in [-0.4, -0.2) is 26.5 Å². The third-order valence-corrected chi connectivity index (χ3v) is 3.49. The zero-order valence-electron chi connectivity index (χ0n) is 9.57. The van der Waals surface area contributed by atoms with Gasteiger partial charge in [0.05, 0.1) is 16.3 Å². The van der Waals surface area contributed by atoms with Crippen molar-refractivity contribution in [3.05, 3.63) is 28.8 Å². The maximum atomic E-state index is 11.1. The topological polar surface area (TPSA) is 70.0 Å². The van der Waals surface area contributed by atoms with Crippen LogP contribution in [0.1, 0.15) is 12.5 Å². The zero-order chi connectivity index (χ0) is 13.1. The molecule has 1 aromatic rings. The summed E-state index contributed by atoms with van der Waals surface area (Å²) in [4.78, 5) is 0. The van der Waals surface area contributed by atoms with Gasteiger partial charge in [-0.3, -0.25) is 0 Å². The second-order valence-electron chi connectivity index (χ2n) is 3.94. The number of hydrogen-bond donors (Lipinski definition) is 1. The Bertz CT molecular complexity index is 549. The number of nitrogens with zero attached hydrogens (tertiary/aromatic N) is 1. The second-order valence-corrected chi connectivity index (χ2v) is 6.54. The number of rotatable bonds is 4. The Morgan fingerprint density at radius 1 is 1.53 bits per heavy atom. The highest BCUT2D eigenvalue weighted by Gasteiger charge is 2.10. The van der Waals surface area contributed by atoms with Crippen molar-refractivity contribution in [2.75, 3.05) is 17.3 Å². The second kappa shape index (κ2) is 5.39. The van der Waals surface area contributed by atoms with E-state index in [1.165, 1.54) is 6.26 Å². The first-order valence-electron chi connectivity index (χ1n) is 4.96. The lowest BCUT2D eigenvalue weighted by Gasteiger charge is -2.14. The molecule has 0 aliphatic carbocycles. The first kappa shape index (κ1) is 13.8. The number of sulfone groups is 1. The van der Waals surface area contributed by atoms with Gasteiger partial charge in [-0.2, -0.15) is 5.26 Å². The third-order valence-electron chi connectivity index (χ3n) is 2.05. The van der Waals surface area contributed by atoms with Crippen molar-refractivity contribution in [3.63, 3.8) is 0 Å². The van der Waals surface area contributed by atoms with Crippen LogP contribution in [-0.2, 0) is 9.84 Å². The Morgan fingerprint density at radius 3 is 2.71 bits per heavy atom. The molecule has 4 nitrogen and oxygen atoms in total. The number of benzene rings is 1. The van der Waals surface area contributed by atoms with E-state index in [1.807, 2.05) is 6.07 Å². The molecule has 0 spiro atoms. The molecule has 0 saturated carbocycles. The Morgan fingerprint density at radius 2 is 2.18 bits per heavy atom. The van der Waals surface area contributed by atoms with Crippen LogP contribution in [0.2, 0.25) is 5.02 Å². The minimum atomic E-state index is -3.02. The fourth-order valence-corrected chi connectivity index (χ4v) is 2.63. The maximum absolute atomic E-state index is 11.1. The van der Waals surface area contributed by atoms with E-state index < -0.39 is 9.84 Å². The van der Waals surface area contributed by atoms with Crippen molar-refractivity contribution in [1.29, 1.82) is 5.26 Å². The molecule has 1 unspecified atom stereocenters.